The third-order valence-corrected chi connectivity index (χ3v) is 3.68. The van der Waals surface area contributed by atoms with Gasteiger partial charge in [-0.2, -0.15) is 0 Å². The molecule has 5 heteroatoms. The Morgan fingerprint density at radius 2 is 2.32 bits per heavy atom. The topological polar surface area (TPSA) is 49.8 Å². The number of ether oxygens (including phenoxy) is 1. The zero-order valence-corrected chi connectivity index (χ0v) is 11.9. The van der Waals surface area contributed by atoms with Gasteiger partial charge in [-0.15, -0.1) is 0 Å². The van der Waals surface area contributed by atoms with Crippen molar-refractivity contribution in [2.75, 3.05) is 24.7 Å². The Morgan fingerprint density at radius 1 is 1.58 bits per heavy atom. The second-order valence-corrected chi connectivity index (χ2v) is 5.27. The van der Waals surface area contributed by atoms with Gasteiger partial charge in [0.25, 0.3) is 0 Å². The van der Waals surface area contributed by atoms with Gasteiger partial charge in [-0.25, -0.2) is 0 Å². The van der Waals surface area contributed by atoms with E-state index in [-0.39, 0.29) is 24.5 Å². The first kappa shape index (κ1) is 14.3. The van der Waals surface area contributed by atoms with Gasteiger partial charge in [0.1, 0.15) is 0 Å². The number of nitrogens with zero attached hydrogens (tertiary/aromatic N) is 1. The van der Waals surface area contributed by atoms with Crippen LogP contribution in [0.2, 0.25) is 5.02 Å². The summed E-state index contributed by atoms with van der Waals surface area (Å²) in [4.78, 5) is 13.4. The highest BCUT2D eigenvalue weighted by molar-refractivity contribution is 6.33. The Morgan fingerprint density at radius 3 is 2.89 bits per heavy atom. The highest BCUT2D eigenvalue weighted by atomic mass is 35.5. The Labute approximate surface area is 117 Å². The lowest BCUT2D eigenvalue weighted by Crippen LogP contribution is -2.49. The highest BCUT2D eigenvalue weighted by Gasteiger charge is 2.27. The molecule has 1 N–H and O–H groups in total. The van der Waals surface area contributed by atoms with Gasteiger partial charge in [-0.3, -0.25) is 4.79 Å². The molecule has 4 nitrogen and oxygen atoms in total. The molecule has 1 aliphatic heterocycles. The quantitative estimate of drug-likeness (QED) is 0.864. The van der Waals surface area contributed by atoms with Crippen LogP contribution in [-0.4, -0.2) is 42.8 Å². The molecule has 1 fully saturated rings. The number of anilines is 1. The van der Waals surface area contributed by atoms with Crippen molar-refractivity contribution in [3.63, 3.8) is 0 Å². The number of carbonyl (C=O) groups is 1. The van der Waals surface area contributed by atoms with Crippen molar-refractivity contribution in [1.29, 1.82) is 0 Å². The molecule has 0 amide bonds. The summed E-state index contributed by atoms with van der Waals surface area (Å²) < 4.78 is 5.50. The van der Waals surface area contributed by atoms with Gasteiger partial charge in [0.15, 0.2) is 5.78 Å². The predicted octanol–water partition coefficient (Wildman–Crippen LogP) is 2.13. The van der Waals surface area contributed by atoms with E-state index in [0.717, 1.165) is 5.69 Å². The Balaban J connectivity index is 2.27. The number of rotatable bonds is 3. The minimum absolute atomic E-state index is 0.00305. The number of aliphatic hydroxyl groups is 1. The van der Waals surface area contributed by atoms with Crippen LogP contribution in [0.5, 0.6) is 0 Å². The largest absolute Gasteiger partial charge is 0.394 e. The molecule has 0 radical (unpaired) electrons. The van der Waals surface area contributed by atoms with Gasteiger partial charge >= 0.3 is 0 Å². The summed E-state index contributed by atoms with van der Waals surface area (Å²) >= 11 is 6.27. The number of halogens is 1. The van der Waals surface area contributed by atoms with E-state index in [1.165, 1.54) is 6.92 Å². The fourth-order valence-electron chi connectivity index (χ4n) is 2.22. The lowest BCUT2D eigenvalue weighted by Gasteiger charge is -2.39. The first-order valence-electron chi connectivity index (χ1n) is 6.32. The van der Waals surface area contributed by atoms with Gasteiger partial charge in [-0.1, -0.05) is 11.6 Å². The monoisotopic (exact) mass is 283 g/mol. The van der Waals surface area contributed by atoms with Crippen LogP contribution in [0.3, 0.4) is 0 Å². The zero-order valence-electron chi connectivity index (χ0n) is 11.1. The molecule has 1 aromatic carbocycles. The molecule has 1 heterocycles. The minimum Gasteiger partial charge on any atom is -0.394 e. The molecule has 19 heavy (non-hydrogen) atoms. The molecule has 0 saturated carbocycles. The van der Waals surface area contributed by atoms with Gasteiger partial charge in [0.05, 0.1) is 30.0 Å². The molecule has 2 unspecified atom stereocenters. The van der Waals surface area contributed by atoms with E-state index in [1.807, 2.05) is 13.0 Å². The molecule has 2 atom stereocenters. The molecule has 0 spiro atoms. The second-order valence-electron chi connectivity index (χ2n) is 4.86. The van der Waals surface area contributed by atoms with Crippen molar-refractivity contribution in [2.24, 2.45) is 0 Å². The number of morpholine rings is 1. The Kier molecular flexibility index (Phi) is 4.45. The van der Waals surface area contributed by atoms with E-state index in [4.69, 9.17) is 16.3 Å². The third-order valence-electron chi connectivity index (χ3n) is 3.37. The number of Topliss-reactive ketones (excluding diaryl/α,β-unsaturated/α-hetero) is 1. The molecule has 0 aliphatic carbocycles. The van der Waals surface area contributed by atoms with Gasteiger partial charge in [0.2, 0.25) is 0 Å². The fourth-order valence-corrected chi connectivity index (χ4v) is 2.51. The predicted molar refractivity (Wildman–Crippen MR) is 75.1 cm³/mol. The van der Waals surface area contributed by atoms with Gasteiger partial charge < -0.3 is 14.7 Å². The minimum atomic E-state index is -0.195. The molecular formula is C14H18ClNO3. The third kappa shape index (κ3) is 3.08. The number of ketones is 1. The van der Waals surface area contributed by atoms with Crippen LogP contribution >= 0.6 is 11.6 Å². The van der Waals surface area contributed by atoms with Crippen molar-refractivity contribution in [2.45, 2.75) is 26.0 Å². The second kappa shape index (κ2) is 5.90. The maximum Gasteiger partial charge on any atom is 0.159 e. The van der Waals surface area contributed by atoms with E-state index in [0.29, 0.717) is 23.7 Å². The first-order valence-corrected chi connectivity index (χ1v) is 6.70. The standard InChI is InChI=1S/C14H18ClNO3/c1-9-8-19-12(7-17)6-16(9)14-4-3-11(10(2)18)5-13(14)15/h3-5,9,12,17H,6-8H2,1-2H3. The molecular weight excluding hydrogens is 266 g/mol. The van der Waals surface area contributed by atoms with Crippen LogP contribution in [0.25, 0.3) is 0 Å². The van der Waals surface area contributed by atoms with Crippen LogP contribution in [0.4, 0.5) is 5.69 Å². The average Bonchev–Trinajstić information content (AvgIpc) is 2.39. The summed E-state index contributed by atoms with van der Waals surface area (Å²) in [5, 5.41) is 9.75. The van der Waals surface area contributed by atoms with E-state index < -0.39 is 0 Å². The summed E-state index contributed by atoms with van der Waals surface area (Å²) in [6, 6.07) is 5.51. The Bertz CT molecular complexity index is 478. The van der Waals surface area contributed by atoms with Crippen molar-refractivity contribution in [3.8, 4) is 0 Å². The van der Waals surface area contributed by atoms with E-state index in [2.05, 4.69) is 4.90 Å². The van der Waals surface area contributed by atoms with Crippen LogP contribution in [0.1, 0.15) is 24.2 Å². The molecule has 1 aromatic rings. The van der Waals surface area contributed by atoms with Crippen LogP contribution in [-0.2, 0) is 4.74 Å². The first-order chi connectivity index (χ1) is 9.02. The van der Waals surface area contributed by atoms with Crippen molar-refractivity contribution >= 4 is 23.1 Å². The number of aliphatic hydroxyl groups excluding tert-OH is 1. The summed E-state index contributed by atoms with van der Waals surface area (Å²) in [7, 11) is 0. The molecule has 0 aromatic heterocycles. The average molecular weight is 284 g/mol. The highest BCUT2D eigenvalue weighted by Crippen LogP contribution is 2.30. The van der Waals surface area contributed by atoms with Gasteiger partial charge in [0, 0.05) is 18.2 Å². The molecule has 1 aliphatic rings. The lowest BCUT2D eigenvalue weighted by atomic mass is 10.1. The SMILES string of the molecule is CC(=O)c1ccc(N2CC(CO)OCC2C)c(Cl)c1. The maximum atomic E-state index is 11.3. The number of hydrogen-bond acceptors (Lipinski definition) is 4. The number of hydrogen-bond donors (Lipinski definition) is 1. The van der Waals surface area contributed by atoms with E-state index >= 15 is 0 Å². The van der Waals surface area contributed by atoms with Crippen molar-refractivity contribution in [1.82, 2.24) is 0 Å². The zero-order chi connectivity index (χ0) is 14.0. The smallest absolute Gasteiger partial charge is 0.159 e. The van der Waals surface area contributed by atoms with Crippen molar-refractivity contribution in [3.05, 3.63) is 28.8 Å². The number of benzene rings is 1. The van der Waals surface area contributed by atoms with Crippen LogP contribution in [0, 0.1) is 0 Å². The van der Waals surface area contributed by atoms with Gasteiger partial charge in [-0.05, 0) is 32.0 Å². The van der Waals surface area contributed by atoms with Crippen molar-refractivity contribution < 1.29 is 14.6 Å². The van der Waals surface area contributed by atoms with E-state index in [9.17, 15) is 9.90 Å². The van der Waals surface area contributed by atoms with E-state index in [1.54, 1.807) is 12.1 Å². The fraction of sp³-hybridized carbons (Fsp3) is 0.500. The number of carbonyl (C=O) groups excluding carboxylic acids is 1. The summed E-state index contributed by atoms with van der Waals surface area (Å²) in [6.07, 6.45) is -0.195. The normalized spacial score (nSPS) is 23.5. The summed E-state index contributed by atoms with van der Waals surface area (Å²) in [5.41, 5.74) is 1.48. The molecule has 104 valence electrons. The summed E-state index contributed by atoms with van der Waals surface area (Å²) in [5.74, 6) is -0.00305. The maximum absolute atomic E-state index is 11.3. The van der Waals surface area contributed by atoms with Crippen LogP contribution < -0.4 is 4.90 Å². The molecule has 2 rings (SSSR count). The molecule has 0 bridgehead atoms. The Hall–Kier alpha value is -1.10. The molecule has 1 saturated heterocycles. The van der Waals surface area contributed by atoms with Crippen LogP contribution in [0.15, 0.2) is 18.2 Å². The summed E-state index contributed by atoms with van der Waals surface area (Å²) in [6.45, 7) is 4.70. The lowest BCUT2D eigenvalue weighted by molar-refractivity contribution is -0.0103.